The monoisotopic (exact) mass is 294 g/mol. The fraction of sp³-hybridized carbons (Fsp3) is 0. The van der Waals surface area contributed by atoms with Gasteiger partial charge in [-0.3, -0.25) is 0 Å². The van der Waals surface area contributed by atoms with Gasteiger partial charge in [-0.2, -0.15) is 0 Å². The van der Waals surface area contributed by atoms with Gasteiger partial charge in [0.25, 0.3) is 0 Å². The first-order valence-electron chi connectivity index (χ1n) is 1.13. The van der Waals surface area contributed by atoms with Gasteiger partial charge in [-0.1, -0.05) is 0 Å². The Kier molecular flexibility index (Phi) is 39.4. The minimum atomic E-state index is -11.2. The molecule has 0 aromatic carbocycles. The molecular formula is H12F6MgO6Ti. The molecule has 0 aliphatic carbocycles. The van der Waals surface area contributed by atoms with Crippen molar-refractivity contribution in [2.75, 3.05) is 0 Å². The van der Waals surface area contributed by atoms with Crippen LogP contribution in [0.15, 0.2) is 0 Å². The summed E-state index contributed by atoms with van der Waals surface area (Å²) in [5, 5.41) is 0. The summed E-state index contributed by atoms with van der Waals surface area (Å²) in [5.74, 6) is 0. The zero-order chi connectivity index (χ0) is 6.41. The van der Waals surface area contributed by atoms with E-state index in [2.05, 4.69) is 0 Å². The van der Waals surface area contributed by atoms with Crippen LogP contribution in [0.5, 0.6) is 0 Å². The van der Waals surface area contributed by atoms with Crippen LogP contribution in [0.1, 0.15) is 0 Å². The molecule has 0 saturated carbocycles. The summed E-state index contributed by atoms with van der Waals surface area (Å²) in [7, 11) is 0. The third kappa shape index (κ3) is 2660. The Morgan fingerprint density at radius 2 is 0.429 bits per heavy atom. The Morgan fingerprint density at radius 1 is 0.429 bits per heavy atom. The topological polar surface area (TPSA) is 189 Å². The maximum Gasteiger partial charge on any atom is 2.00 e. The Morgan fingerprint density at radius 3 is 0.429 bits per heavy atom. The quantitative estimate of drug-likeness (QED) is 0.329. The average Bonchev–Trinajstić information content (AvgIpc) is 0.592. The molecule has 0 aromatic rings. The van der Waals surface area contributed by atoms with Gasteiger partial charge in [-0.25, -0.2) is 0 Å². The number of hydrogen-bond donors (Lipinski definition) is 0. The molecule has 0 rings (SSSR count). The van der Waals surface area contributed by atoms with E-state index < -0.39 is 17.2 Å². The van der Waals surface area contributed by atoms with Gasteiger partial charge in [0.2, 0.25) is 0 Å². The normalized spacial score (nSPS) is 11.6. The molecule has 0 heterocycles. The van der Waals surface area contributed by atoms with Crippen molar-refractivity contribution >= 4 is 23.1 Å². The van der Waals surface area contributed by atoms with Crippen LogP contribution in [0.25, 0.3) is 0 Å². The Balaban J connectivity index is -0.00000000857. The molecule has 0 spiro atoms. The fourth-order valence-electron chi connectivity index (χ4n) is 0. The molecule has 12 N–H and O–H groups in total. The van der Waals surface area contributed by atoms with Crippen LogP contribution in [0.3, 0.4) is 0 Å². The second-order valence-corrected chi connectivity index (χ2v) is 4.42. The van der Waals surface area contributed by atoms with Gasteiger partial charge in [0.1, 0.15) is 0 Å². The molecule has 6 nitrogen and oxygen atoms in total. The van der Waals surface area contributed by atoms with Gasteiger partial charge in [0.05, 0.1) is 0 Å². The molecular weight excluding hydrogens is 282 g/mol. The van der Waals surface area contributed by atoms with Crippen molar-refractivity contribution < 1.29 is 68.6 Å². The van der Waals surface area contributed by atoms with Crippen LogP contribution in [-0.2, 0) is 17.2 Å². The Hall–Kier alpha value is 0.821. The van der Waals surface area contributed by atoms with E-state index in [0.717, 1.165) is 0 Å². The van der Waals surface area contributed by atoms with E-state index in [1.54, 1.807) is 0 Å². The van der Waals surface area contributed by atoms with E-state index >= 15 is 0 Å². The van der Waals surface area contributed by atoms with Gasteiger partial charge in [-0.15, -0.1) is 0 Å². The molecule has 0 aromatic heterocycles. The molecule has 0 unspecified atom stereocenters. The maximum absolute atomic E-state index is 11.2. The first-order chi connectivity index (χ1) is 2.45. The third-order valence-corrected chi connectivity index (χ3v) is 0. The van der Waals surface area contributed by atoms with Crippen LogP contribution in [-0.4, -0.2) is 55.9 Å². The van der Waals surface area contributed by atoms with Crippen molar-refractivity contribution in [3.8, 4) is 0 Å². The van der Waals surface area contributed by atoms with Crippen molar-refractivity contribution in [2.45, 2.75) is 0 Å². The van der Waals surface area contributed by atoms with Gasteiger partial charge in [-0.05, 0) is 0 Å². The van der Waals surface area contributed by atoms with Gasteiger partial charge in [0, 0.05) is 0 Å². The third-order valence-electron chi connectivity index (χ3n) is 0. The molecule has 0 radical (unpaired) electrons. The van der Waals surface area contributed by atoms with Gasteiger partial charge in [0.15, 0.2) is 0 Å². The van der Waals surface area contributed by atoms with Crippen molar-refractivity contribution in [3.63, 3.8) is 0 Å². The molecule has 0 aliphatic rings. The molecule has 96 valence electrons. The Labute approximate surface area is 91.7 Å². The van der Waals surface area contributed by atoms with Crippen molar-refractivity contribution in [1.29, 1.82) is 0 Å². The minimum absolute atomic E-state index is 0. The molecule has 0 bridgehead atoms. The first-order valence-corrected chi connectivity index (χ1v) is 4.68. The molecule has 0 aliphatic heterocycles. The molecule has 0 fully saturated rings. The molecule has 14 heavy (non-hydrogen) atoms. The van der Waals surface area contributed by atoms with E-state index in [4.69, 9.17) is 0 Å². The zero-order valence-electron chi connectivity index (χ0n) is 6.47. The fourth-order valence-corrected chi connectivity index (χ4v) is 0. The van der Waals surface area contributed by atoms with Gasteiger partial charge < -0.3 is 32.9 Å². The van der Waals surface area contributed by atoms with Crippen LogP contribution < -0.4 is 0 Å². The number of halogens is 6. The summed E-state index contributed by atoms with van der Waals surface area (Å²) < 4.78 is 59.5. The summed E-state index contributed by atoms with van der Waals surface area (Å²) in [6.45, 7) is 0. The summed E-state index contributed by atoms with van der Waals surface area (Å²) in [6.07, 6.45) is 0. The molecule has 0 atom stereocenters. The minimum Gasteiger partial charge on any atom is 2.00 e. The van der Waals surface area contributed by atoms with E-state index in [9.17, 15) is 18.6 Å². The largest absolute Gasteiger partial charge is 2.00 e. The smallest absolute Gasteiger partial charge is 2.00 e. The summed E-state index contributed by atoms with van der Waals surface area (Å²) >= 11 is -11.2. The van der Waals surface area contributed by atoms with Crippen molar-refractivity contribution in [3.05, 3.63) is 0 Å². The first kappa shape index (κ1) is 60.9. The van der Waals surface area contributed by atoms with E-state index in [1.807, 2.05) is 0 Å². The Bertz CT molecular complexity index is 80.9. The second kappa shape index (κ2) is 9.08. The van der Waals surface area contributed by atoms with E-state index in [-0.39, 0.29) is 55.9 Å². The number of rotatable bonds is 0. The second-order valence-electron chi connectivity index (χ2n) is 1.07. The zero-order valence-corrected chi connectivity index (χ0v) is 9.45. The van der Waals surface area contributed by atoms with E-state index in [1.165, 1.54) is 0 Å². The molecule has 0 saturated heterocycles. The van der Waals surface area contributed by atoms with Crippen LogP contribution in [0.4, 0.5) is 18.6 Å². The van der Waals surface area contributed by atoms with Crippen LogP contribution >= 0.6 is 0 Å². The van der Waals surface area contributed by atoms with Gasteiger partial charge >= 0.3 is 58.8 Å². The van der Waals surface area contributed by atoms with Crippen molar-refractivity contribution in [2.24, 2.45) is 0 Å². The SMILES string of the molecule is O.O.O.O.O.O.[F][Ti-2]([F])([F])([F])([F])[F].[Mg+2]. The summed E-state index contributed by atoms with van der Waals surface area (Å²) in [4.78, 5) is 0. The van der Waals surface area contributed by atoms with Crippen LogP contribution in [0.2, 0.25) is 0 Å². The predicted octanol–water partition coefficient (Wildman–Crippen LogP) is -2.81. The summed E-state index contributed by atoms with van der Waals surface area (Å²) in [6, 6.07) is 0. The number of hydrogen-bond acceptors (Lipinski definition) is 0. The summed E-state index contributed by atoms with van der Waals surface area (Å²) in [5.41, 5.74) is 0. The molecule has 14 heteroatoms. The average molecular weight is 294 g/mol. The predicted molar refractivity (Wildman–Crippen MR) is 34.1 cm³/mol. The van der Waals surface area contributed by atoms with Crippen LogP contribution in [0, 0.1) is 0 Å². The molecule has 0 amide bonds. The standard InChI is InChI=1S/6FH.Mg.6H2O.Ti/h6*1H;;6*1H2;/q;;;;;;+2;;;;;;;+4/p-6. The maximum atomic E-state index is 9.92. The van der Waals surface area contributed by atoms with Crippen molar-refractivity contribution in [1.82, 2.24) is 0 Å². The van der Waals surface area contributed by atoms with E-state index in [0.29, 0.717) is 0 Å².